The standard InChI is InChI=1S/C29H25Cl2FN2O6S/c1-41(39,40)20-7-4-5-17(13-20)14-24(29(37)38)33-28(36)26-22(30)15-19-16-34(12-11-21(19)27(26)31)25(35)10-9-18-6-2-3-8-23(18)32/h2-10,13,15,24H,11-12,14,16H2,1H3,(H,33,36)(H,37,38)/b10-9+/t24-/m0/s1. The number of carbonyl (C=O) groups excluding carboxylic acids is 2. The van der Waals surface area contributed by atoms with E-state index in [-0.39, 0.29) is 51.5 Å². The van der Waals surface area contributed by atoms with Gasteiger partial charge in [-0.2, -0.15) is 0 Å². The predicted molar refractivity (Wildman–Crippen MR) is 153 cm³/mol. The van der Waals surface area contributed by atoms with Gasteiger partial charge in [0, 0.05) is 37.4 Å². The van der Waals surface area contributed by atoms with Crippen LogP contribution in [0.3, 0.4) is 0 Å². The van der Waals surface area contributed by atoms with E-state index < -0.39 is 33.6 Å². The van der Waals surface area contributed by atoms with Crippen molar-refractivity contribution in [1.29, 1.82) is 0 Å². The van der Waals surface area contributed by atoms with Crippen LogP contribution in [0.4, 0.5) is 4.39 Å². The lowest BCUT2D eigenvalue weighted by molar-refractivity contribution is -0.139. The van der Waals surface area contributed by atoms with Crippen LogP contribution in [0, 0.1) is 5.82 Å². The Labute approximate surface area is 246 Å². The van der Waals surface area contributed by atoms with Crippen LogP contribution in [-0.2, 0) is 38.8 Å². The summed E-state index contributed by atoms with van der Waals surface area (Å²) in [6.45, 7) is 0.440. The Morgan fingerprint density at radius 1 is 1.12 bits per heavy atom. The van der Waals surface area contributed by atoms with Crippen molar-refractivity contribution in [2.24, 2.45) is 0 Å². The summed E-state index contributed by atoms with van der Waals surface area (Å²) in [7, 11) is -3.51. The lowest BCUT2D eigenvalue weighted by Crippen LogP contribution is -2.42. The van der Waals surface area contributed by atoms with E-state index in [2.05, 4.69) is 5.32 Å². The molecule has 0 aromatic heterocycles. The van der Waals surface area contributed by atoms with E-state index in [9.17, 15) is 32.3 Å². The Morgan fingerprint density at radius 3 is 2.54 bits per heavy atom. The maximum absolute atomic E-state index is 13.9. The van der Waals surface area contributed by atoms with Crippen LogP contribution in [-0.4, -0.2) is 55.1 Å². The summed E-state index contributed by atoms with van der Waals surface area (Å²) in [6, 6.07) is 12.0. The van der Waals surface area contributed by atoms with E-state index in [1.807, 2.05) is 0 Å². The summed E-state index contributed by atoms with van der Waals surface area (Å²) < 4.78 is 37.6. The molecule has 0 fully saturated rings. The molecule has 0 aliphatic carbocycles. The van der Waals surface area contributed by atoms with Gasteiger partial charge < -0.3 is 15.3 Å². The maximum atomic E-state index is 13.9. The molecule has 0 bridgehead atoms. The molecule has 1 atom stereocenters. The van der Waals surface area contributed by atoms with E-state index in [0.29, 0.717) is 23.1 Å². The topological polar surface area (TPSA) is 121 Å². The molecule has 12 heteroatoms. The summed E-state index contributed by atoms with van der Waals surface area (Å²) in [5.41, 5.74) is 1.82. The zero-order valence-corrected chi connectivity index (χ0v) is 24.1. The fourth-order valence-corrected chi connectivity index (χ4v) is 5.95. The second-order valence-corrected chi connectivity index (χ2v) is 12.3. The van der Waals surface area contributed by atoms with Gasteiger partial charge in [-0.25, -0.2) is 17.6 Å². The predicted octanol–water partition coefficient (Wildman–Crippen LogP) is 4.56. The van der Waals surface area contributed by atoms with Crippen molar-refractivity contribution in [3.8, 4) is 0 Å². The summed E-state index contributed by atoms with van der Waals surface area (Å²) in [4.78, 5) is 39.4. The number of carbonyl (C=O) groups is 3. The molecule has 0 unspecified atom stereocenters. The Morgan fingerprint density at radius 2 is 1.85 bits per heavy atom. The third-order valence-corrected chi connectivity index (χ3v) is 8.45. The number of benzene rings is 3. The molecule has 0 saturated carbocycles. The van der Waals surface area contributed by atoms with Crippen LogP contribution in [0.2, 0.25) is 10.0 Å². The van der Waals surface area contributed by atoms with Crippen LogP contribution < -0.4 is 5.32 Å². The van der Waals surface area contributed by atoms with E-state index in [1.165, 1.54) is 47.4 Å². The molecule has 41 heavy (non-hydrogen) atoms. The SMILES string of the molecule is CS(=O)(=O)c1cccc(C[C@H](NC(=O)c2c(Cl)cc3c(c2Cl)CCN(C(=O)/C=C/c2ccccc2F)C3)C(=O)O)c1. The van der Waals surface area contributed by atoms with Crippen molar-refractivity contribution in [3.05, 3.63) is 104 Å². The molecule has 214 valence electrons. The zero-order chi connectivity index (χ0) is 29.9. The van der Waals surface area contributed by atoms with E-state index in [1.54, 1.807) is 24.3 Å². The molecule has 3 aromatic rings. The van der Waals surface area contributed by atoms with Crippen LogP contribution in [0.15, 0.2) is 65.6 Å². The zero-order valence-electron chi connectivity index (χ0n) is 21.7. The molecule has 3 aromatic carbocycles. The monoisotopic (exact) mass is 618 g/mol. The molecule has 0 spiro atoms. The summed E-state index contributed by atoms with van der Waals surface area (Å²) in [5, 5.41) is 12.2. The number of hydrogen-bond acceptors (Lipinski definition) is 5. The largest absolute Gasteiger partial charge is 0.480 e. The number of halogens is 3. The normalized spacial score (nSPS) is 14.0. The molecule has 1 aliphatic heterocycles. The van der Waals surface area contributed by atoms with Gasteiger partial charge in [-0.15, -0.1) is 0 Å². The molecule has 1 aliphatic rings. The minimum absolute atomic E-state index is 0.0225. The Hall–Kier alpha value is -3.73. The number of nitrogens with zero attached hydrogens (tertiary/aromatic N) is 1. The molecule has 0 saturated heterocycles. The Kier molecular flexibility index (Phi) is 9.16. The first-order valence-corrected chi connectivity index (χ1v) is 15.0. The van der Waals surface area contributed by atoms with Crippen molar-refractivity contribution in [2.75, 3.05) is 12.8 Å². The second kappa shape index (κ2) is 12.4. The van der Waals surface area contributed by atoms with E-state index in [4.69, 9.17) is 23.2 Å². The highest BCUT2D eigenvalue weighted by Gasteiger charge is 2.29. The lowest BCUT2D eigenvalue weighted by atomic mass is 9.96. The lowest BCUT2D eigenvalue weighted by Gasteiger charge is -2.29. The van der Waals surface area contributed by atoms with Crippen molar-refractivity contribution >= 4 is 56.9 Å². The smallest absolute Gasteiger partial charge is 0.326 e. The highest BCUT2D eigenvalue weighted by Crippen LogP contribution is 2.35. The van der Waals surface area contributed by atoms with Gasteiger partial charge in [-0.05, 0) is 53.5 Å². The van der Waals surface area contributed by atoms with Crippen molar-refractivity contribution < 1.29 is 32.3 Å². The number of sulfone groups is 1. The summed E-state index contributed by atoms with van der Waals surface area (Å²) in [5.74, 6) is -2.92. The molecule has 8 nitrogen and oxygen atoms in total. The molecular weight excluding hydrogens is 594 g/mol. The van der Waals surface area contributed by atoms with Crippen molar-refractivity contribution in [3.63, 3.8) is 0 Å². The average Bonchev–Trinajstić information content (AvgIpc) is 2.91. The highest BCUT2D eigenvalue weighted by atomic mass is 35.5. The van der Waals surface area contributed by atoms with Crippen LogP contribution >= 0.6 is 23.2 Å². The van der Waals surface area contributed by atoms with Crippen LogP contribution in [0.5, 0.6) is 0 Å². The number of amides is 2. The first-order chi connectivity index (χ1) is 19.3. The number of nitrogens with one attached hydrogen (secondary N) is 1. The quantitative estimate of drug-likeness (QED) is 0.357. The van der Waals surface area contributed by atoms with Gasteiger partial charge in [0.25, 0.3) is 5.91 Å². The van der Waals surface area contributed by atoms with Gasteiger partial charge in [0.05, 0.1) is 20.5 Å². The summed E-state index contributed by atoms with van der Waals surface area (Å²) >= 11 is 13.0. The number of carboxylic acids is 1. The maximum Gasteiger partial charge on any atom is 0.326 e. The van der Waals surface area contributed by atoms with E-state index >= 15 is 0 Å². The van der Waals surface area contributed by atoms with Crippen molar-refractivity contribution in [2.45, 2.75) is 30.3 Å². The molecule has 0 radical (unpaired) electrons. The van der Waals surface area contributed by atoms with Gasteiger partial charge in [0.2, 0.25) is 5.91 Å². The van der Waals surface area contributed by atoms with Gasteiger partial charge >= 0.3 is 5.97 Å². The third-order valence-electron chi connectivity index (χ3n) is 6.62. The average molecular weight is 619 g/mol. The molecule has 2 N–H and O–H groups in total. The number of aliphatic carboxylic acids is 1. The Balaban J connectivity index is 1.51. The molecule has 2 amide bonds. The number of fused-ring (bicyclic) bond motifs is 1. The fourth-order valence-electron chi connectivity index (χ4n) is 4.49. The van der Waals surface area contributed by atoms with Gasteiger partial charge in [0.15, 0.2) is 9.84 Å². The Bertz CT molecular complexity index is 1680. The minimum Gasteiger partial charge on any atom is -0.480 e. The second-order valence-electron chi connectivity index (χ2n) is 9.54. The molecular formula is C29H25Cl2FN2O6S. The number of carboxylic acid groups (broad SMARTS) is 1. The number of rotatable bonds is 8. The molecule has 4 rings (SSSR count). The van der Waals surface area contributed by atoms with Crippen molar-refractivity contribution in [1.82, 2.24) is 10.2 Å². The van der Waals surface area contributed by atoms with Gasteiger partial charge in [0.1, 0.15) is 11.9 Å². The third kappa shape index (κ3) is 7.13. The highest BCUT2D eigenvalue weighted by molar-refractivity contribution is 7.90. The minimum atomic E-state index is -3.51. The van der Waals surface area contributed by atoms with E-state index in [0.717, 1.165) is 6.26 Å². The fraction of sp³-hybridized carbons (Fsp3) is 0.207. The van der Waals surface area contributed by atoms with Crippen LogP contribution in [0.1, 0.15) is 32.6 Å². The number of hydrogen-bond donors (Lipinski definition) is 2. The van der Waals surface area contributed by atoms with Gasteiger partial charge in [-0.1, -0.05) is 53.5 Å². The summed E-state index contributed by atoms with van der Waals surface area (Å²) in [6.07, 6.45) is 3.86. The first-order valence-electron chi connectivity index (χ1n) is 12.4. The first kappa shape index (κ1) is 30.2. The van der Waals surface area contributed by atoms with Gasteiger partial charge in [-0.3, -0.25) is 9.59 Å². The van der Waals surface area contributed by atoms with Crippen LogP contribution in [0.25, 0.3) is 6.08 Å². The molecule has 1 heterocycles.